The highest BCUT2D eigenvalue weighted by atomic mass is 19.1. The maximum Gasteiger partial charge on any atom is 0.129 e. The molecule has 1 N–H and O–H groups in total. The Morgan fingerprint density at radius 1 is 1.05 bits per heavy atom. The van der Waals surface area contributed by atoms with Crippen molar-refractivity contribution in [3.63, 3.8) is 0 Å². The van der Waals surface area contributed by atoms with E-state index in [1.807, 2.05) is 11.9 Å². The van der Waals surface area contributed by atoms with Crippen LogP contribution in [0.1, 0.15) is 17.2 Å². The molecule has 0 spiro atoms. The van der Waals surface area contributed by atoms with Gasteiger partial charge in [0.25, 0.3) is 0 Å². The van der Waals surface area contributed by atoms with Gasteiger partial charge in [0.1, 0.15) is 11.6 Å². The lowest BCUT2D eigenvalue weighted by Gasteiger charge is -2.21. The van der Waals surface area contributed by atoms with Crippen molar-refractivity contribution >= 4 is 0 Å². The first-order valence-corrected chi connectivity index (χ1v) is 6.42. The number of hydrogen-bond donors (Lipinski definition) is 1. The van der Waals surface area contributed by atoms with Gasteiger partial charge in [0.2, 0.25) is 0 Å². The van der Waals surface area contributed by atoms with Gasteiger partial charge in [0, 0.05) is 18.7 Å². The molecule has 4 heteroatoms. The van der Waals surface area contributed by atoms with Gasteiger partial charge in [-0.3, -0.25) is 4.90 Å². The van der Waals surface area contributed by atoms with E-state index < -0.39 is 11.9 Å². The molecule has 0 fully saturated rings. The molecule has 106 valence electrons. The third-order valence-electron chi connectivity index (χ3n) is 3.11. The van der Waals surface area contributed by atoms with Crippen LogP contribution in [0.25, 0.3) is 0 Å². The number of hydrogen-bond acceptors (Lipinski definition) is 2. The molecular formula is C16H17F2NO. The molecular weight excluding hydrogens is 260 g/mol. The zero-order valence-corrected chi connectivity index (χ0v) is 11.3. The van der Waals surface area contributed by atoms with Gasteiger partial charge in [-0.25, -0.2) is 8.78 Å². The van der Waals surface area contributed by atoms with Crippen molar-refractivity contribution < 1.29 is 13.9 Å². The summed E-state index contributed by atoms with van der Waals surface area (Å²) >= 11 is 0. The van der Waals surface area contributed by atoms with Crippen molar-refractivity contribution in [3.05, 3.63) is 71.3 Å². The highest BCUT2D eigenvalue weighted by Crippen LogP contribution is 2.18. The van der Waals surface area contributed by atoms with Crippen molar-refractivity contribution in [2.45, 2.75) is 12.6 Å². The zero-order chi connectivity index (χ0) is 14.5. The minimum atomic E-state index is -0.887. The summed E-state index contributed by atoms with van der Waals surface area (Å²) in [5, 5.41) is 10.1. The van der Waals surface area contributed by atoms with Crippen LogP contribution < -0.4 is 0 Å². The first-order chi connectivity index (χ1) is 9.56. The molecule has 0 aliphatic carbocycles. The molecule has 0 bridgehead atoms. The average Bonchev–Trinajstić information content (AvgIpc) is 2.41. The Balaban J connectivity index is 1.96. The molecule has 0 aromatic heterocycles. The maximum atomic E-state index is 13.5. The van der Waals surface area contributed by atoms with Crippen LogP contribution in [0.2, 0.25) is 0 Å². The first kappa shape index (κ1) is 14.6. The summed E-state index contributed by atoms with van der Waals surface area (Å²) in [6.45, 7) is 0.865. The topological polar surface area (TPSA) is 23.5 Å². The van der Waals surface area contributed by atoms with E-state index in [-0.39, 0.29) is 5.82 Å². The molecule has 0 saturated heterocycles. The summed E-state index contributed by atoms with van der Waals surface area (Å²) in [4.78, 5) is 1.87. The standard InChI is InChI=1S/C16H17F2NO/c1-19(10-12-6-8-13(17)9-7-12)11-16(20)14-4-2-3-5-15(14)18/h2-9,16,20H,10-11H2,1H3. The molecule has 0 saturated carbocycles. The van der Waals surface area contributed by atoms with E-state index in [1.165, 1.54) is 18.2 Å². The molecule has 0 radical (unpaired) electrons. The Labute approximate surface area is 117 Å². The predicted octanol–water partition coefficient (Wildman–Crippen LogP) is 3.13. The SMILES string of the molecule is CN(Cc1ccc(F)cc1)CC(O)c1ccccc1F. The Bertz CT molecular complexity index is 557. The van der Waals surface area contributed by atoms with E-state index in [1.54, 1.807) is 30.3 Å². The Morgan fingerprint density at radius 2 is 1.70 bits per heavy atom. The molecule has 0 heterocycles. The van der Waals surface area contributed by atoms with Crippen molar-refractivity contribution in [1.82, 2.24) is 4.90 Å². The molecule has 2 aromatic rings. The number of benzene rings is 2. The summed E-state index contributed by atoms with van der Waals surface area (Å²) in [7, 11) is 1.83. The lowest BCUT2D eigenvalue weighted by Crippen LogP contribution is -2.24. The van der Waals surface area contributed by atoms with Crippen molar-refractivity contribution in [2.75, 3.05) is 13.6 Å². The third kappa shape index (κ3) is 3.85. The second-order valence-electron chi connectivity index (χ2n) is 4.86. The molecule has 1 atom stereocenters. The number of aliphatic hydroxyl groups is 1. The summed E-state index contributed by atoms with van der Waals surface area (Å²) in [5.74, 6) is -0.682. The van der Waals surface area contributed by atoms with Gasteiger partial charge in [-0.2, -0.15) is 0 Å². The molecule has 0 aliphatic rings. The second kappa shape index (κ2) is 6.59. The highest BCUT2D eigenvalue weighted by Gasteiger charge is 2.14. The lowest BCUT2D eigenvalue weighted by atomic mass is 10.1. The van der Waals surface area contributed by atoms with Crippen LogP contribution in [0.5, 0.6) is 0 Å². The zero-order valence-electron chi connectivity index (χ0n) is 11.3. The lowest BCUT2D eigenvalue weighted by molar-refractivity contribution is 0.120. The number of aliphatic hydroxyl groups excluding tert-OH is 1. The Kier molecular flexibility index (Phi) is 4.82. The van der Waals surface area contributed by atoms with Crippen molar-refractivity contribution in [2.24, 2.45) is 0 Å². The van der Waals surface area contributed by atoms with E-state index in [9.17, 15) is 13.9 Å². The van der Waals surface area contributed by atoms with E-state index in [0.717, 1.165) is 5.56 Å². The van der Waals surface area contributed by atoms with Gasteiger partial charge in [-0.1, -0.05) is 30.3 Å². The second-order valence-corrected chi connectivity index (χ2v) is 4.86. The van der Waals surface area contributed by atoms with Crippen LogP contribution in [0.15, 0.2) is 48.5 Å². The fraction of sp³-hybridized carbons (Fsp3) is 0.250. The van der Waals surface area contributed by atoms with Crippen LogP contribution in [-0.2, 0) is 6.54 Å². The summed E-state index contributed by atoms with van der Waals surface area (Å²) < 4.78 is 26.3. The van der Waals surface area contributed by atoms with Gasteiger partial charge in [-0.15, -0.1) is 0 Å². The maximum absolute atomic E-state index is 13.5. The van der Waals surface area contributed by atoms with Gasteiger partial charge in [-0.05, 0) is 30.8 Å². The number of halogens is 2. The summed E-state index contributed by atoms with van der Waals surface area (Å²) in [6, 6.07) is 12.4. The number of nitrogens with zero attached hydrogens (tertiary/aromatic N) is 1. The smallest absolute Gasteiger partial charge is 0.129 e. The van der Waals surface area contributed by atoms with Gasteiger partial charge < -0.3 is 5.11 Å². The van der Waals surface area contributed by atoms with Crippen LogP contribution in [0.4, 0.5) is 8.78 Å². The van der Waals surface area contributed by atoms with E-state index in [2.05, 4.69) is 0 Å². The molecule has 2 rings (SSSR count). The fourth-order valence-corrected chi connectivity index (χ4v) is 2.10. The third-order valence-corrected chi connectivity index (χ3v) is 3.11. The minimum absolute atomic E-state index is 0.275. The highest BCUT2D eigenvalue weighted by molar-refractivity contribution is 5.20. The molecule has 2 nitrogen and oxygen atoms in total. The van der Waals surface area contributed by atoms with E-state index >= 15 is 0 Å². The van der Waals surface area contributed by atoms with Crippen molar-refractivity contribution in [1.29, 1.82) is 0 Å². The first-order valence-electron chi connectivity index (χ1n) is 6.42. The van der Waals surface area contributed by atoms with Gasteiger partial charge >= 0.3 is 0 Å². The largest absolute Gasteiger partial charge is 0.387 e. The average molecular weight is 277 g/mol. The Morgan fingerprint density at radius 3 is 2.35 bits per heavy atom. The molecule has 2 aromatic carbocycles. The number of likely N-dealkylation sites (N-methyl/N-ethyl adjacent to an activating group) is 1. The van der Waals surface area contributed by atoms with Crippen LogP contribution >= 0.6 is 0 Å². The molecule has 20 heavy (non-hydrogen) atoms. The fourth-order valence-electron chi connectivity index (χ4n) is 2.10. The molecule has 0 aliphatic heterocycles. The quantitative estimate of drug-likeness (QED) is 0.907. The van der Waals surface area contributed by atoms with Gasteiger partial charge in [0.15, 0.2) is 0 Å². The molecule has 1 unspecified atom stereocenters. The number of rotatable bonds is 5. The van der Waals surface area contributed by atoms with Crippen LogP contribution in [0, 0.1) is 11.6 Å². The van der Waals surface area contributed by atoms with Crippen LogP contribution in [0.3, 0.4) is 0 Å². The normalized spacial score (nSPS) is 12.7. The minimum Gasteiger partial charge on any atom is -0.387 e. The summed E-state index contributed by atoms with van der Waals surface area (Å²) in [5.41, 5.74) is 1.23. The summed E-state index contributed by atoms with van der Waals surface area (Å²) in [6.07, 6.45) is -0.887. The van der Waals surface area contributed by atoms with Crippen molar-refractivity contribution in [3.8, 4) is 0 Å². The predicted molar refractivity (Wildman–Crippen MR) is 74.1 cm³/mol. The van der Waals surface area contributed by atoms with E-state index in [4.69, 9.17) is 0 Å². The Hall–Kier alpha value is -1.78. The molecule has 0 amide bonds. The van der Waals surface area contributed by atoms with Crippen LogP contribution in [-0.4, -0.2) is 23.6 Å². The monoisotopic (exact) mass is 277 g/mol. The van der Waals surface area contributed by atoms with Gasteiger partial charge in [0.05, 0.1) is 6.10 Å². The van der Waals surface area contributed by atoms with E-state index in [0.29, 0.717) is 18.7 Å².